The first-order chi connectivity index (χ1) is 7.84. The van der Waals surface area contributed by atoms with Crippen LogP contribution in [0.4, 0.5) is 0 Å². The molecule has 3 nitrogen and oxygen atoms in total. The summed E-state index contributed by atoms with van der Waals surface area (Å²) in [6.45, 7) is 1.51. The third-order valence-electron chi connectivity index (χ3n) is 3.13. The summed E-state index contributed by atoms with van der Waals surface area (Å²) in [5, 5.41) is 0.755. The highest BCUT2D eigenvalue weighted by Gasteiger charge is 2.19. The molecule has 0 saturated carbocycles. The SMILES string of the molecule is O=c1cc(C2CCOC2)[nH]c2ccccc12. The van der Waals surface area contributed by atoms with Crippen LogP contribution in [0.5, 0.6) is 0 Å². The van der Waals surface area contributed by atoms with Crippen LogP contribution >= 0.6 is 0 Å². The van der Waals surface area contributed by atoms with Crippen LogP contribution in [0, 0.1) is 0 Å². The third-order valence-corrected chi connectivity index (χ3v) is 3.13. The van der Waals surface area contributed by atoms with Gasteiger partial charge >= 0.3 is 0 Å². The molecule has 3 rings (SSSR count). The van der Waals surface area contributed by atoms with E-state index in [0.717, 1.165) is 29.6 Å². The Labute approximate surface area is 93.1 Å². The Morgan fingerprint density at radius 3 is 3.00 bits per heavy atom. The second-order valence-corrected chi connectivity index (χ2v) is 4.20. The zero-order chi connectivity index (χ0) is 11.0. The smallest absolute Gasteiger partial charge is 0.189 e. The van der Waals surface area contributed by atoms with E-state index in [1.54, 1.807) is 6.07 Å². The molecule has 0 spiro atoms. The molecule has 1 unspecified atom stereocenters. The van der Waals surface area contributed by atoms with Crippen molar-refractivity contribution in [3.05, 3.63) is 46.2 Å². The summed E-state index contributed by atoms with van der Waals surface area (Å²) < 4.78 is 5.34. The highest BCUT2D eigenvalue weighted by Crippen LogP contribution is 2.23. The minimum Gasteiger partial charge on any atom is -0.381 e. The van der Waals surface area contributed by atoms with Crippen LogP contribution in [-0.4, -0.2) is 18.2 Å². The number of hydrogen-bond donors (Lipinski definition) is 1. The van der Waals surface area contributed by atoms with Gasteiger partial charge in [0, 0.05) is 35.2 Å². The van der Waals surface area contributed by atoms with Crippen LogP contribution in [0.2, 0.25) is 0 Å². The molecule has 1 aromatic carbocycles. The van der Waals surface area contributed by atoms with E-state index in [1.165, 1.54) is 0 Å². The lowest BCUT2D eigenvalue weighted by atomic mass is 10.0. The first kappa shape index (κ1) is 9.60. The van der Waals surface area contributed by atoms with Gasteiger partial charge in [0.1, 0.15) is 0 Å². The van der Waals surface area contributed by atoms with Gasteiger partial charge in [0.15, 0.2) is 5.43 Å². The van der Waals surface area contributed by atoms with Crippen molar-refractivity contribution in [3.63, 3.8) is 0 Å². The predicted octanol–water partition coefficient (Wildman–Crippen LogP) is 2.03. The molecule has 2 heterocycles. The fraction of sp³-hybridized carbons (Fsp3) is 0.308. The Balaban J connectivity index is 2.17. The standard InChI is InChI=1S/C13H13NO2/c15-13-7-12(9-5-6-16-8-9)14-11-4-2-1-3-10(11)13/h1-4,7,9H,5-6,8H2,(H,14,15). The fourth-order valence-corrected chi connectivity index (χ4v) is 2.22. The van der Waals surface area contributed by atoms with Crippen molar-refractivity contribution >= 4 is 10.9 Å². The number of para-hydroxylation sites is 1. The van der Waals surface area contributed by atoms with Gasteiger partial charge in [-0.15, -0.1) is 0 Å². The summed E-state index contributed by atoms with van der Waals surface area (Å²) in [5.41, 5.74) is 2.01. The van der Waals surface area contributed by atoms with E-state index in [0.29, 0.717) is 12.5 Å². The Hall–Kier alpha value is -1.61. The highest BCUT2D eigenvalue weighted by atomic mass is 16.5. The van der Waals surface area contributed by atoms with Crippen molar-refractivity contribution in [2.75, 3.05) is 13.2 Å². The largest absolute Gasteiger partial charge is 0.381 e. The lowest BCUT2D eigenvalue weighted by Crippen LogP contribution is -2.09. The average Bonchev–Trinajstić information content (AvgIpc) is 2.82. The summed E-state index contributed by atoms with van der Waals surface area (Å²) in [5.74, 6) is 0.345. The molecule has 1 aliphatic heterocycles. The Morgan fingerprint density at radius 2 is 2.19 bits per heavy atom. The van der Waals surface area contributed by atoms with Gasteiger partial charge in [0.25, 0.3) is 0 Å². The van der Waals surface area contributed by atoms with Gasteiger partial charge in [-0.1, -0.05) is 12.1 Å². The predicted molar refractivity (Wildman–Crippen MR) is 62.7 cm³/mol. The molecule has 2 aromatic rings. The van der Waals surface area contributed by atoms with Crippen LogP contribution < -0.4 is 5.43 Å². The molecule has 1 aromatic heterocycles. The molecule has 1 N–H and O–H groups in total. The average molecular weight is 215 g/mol. The normalized spacial score (nSPS) is 20.4. The number of rotatable bonds is 1. The quantitative estimate of drug-likeness (QED) is 0.790. The van der Waals surface area contributed by atoms with Crippen LogP contribution in [0.25, 0.3) is 10.9 Å². The van der Waals surface area contributed by atoms with Crippen LogP contribution in [-0.2, 0) is 4.74 Å². The Kier molecular flexibility index (Phi) is 2.26. The minimum absolute atomic E-state index is 0.0938. The minimum atomic E-state index is 0.0938. The van der Waals surface area contributed by atoms with Gasteiger partial charge < -0.3 is 9.72 Å². The van der Waals surface area contributed by atoms with E-state index in [9.17, 15) is 4.79 Å². The van der Waals surface area contributed by atoms with E-state index < -0.39 is 0 Å². The zero-order valence-corrected chi connectivity index (χ0v) is 8.90. The van der Waals surface area contributed by atoms with E-state index in [4.69, 9.17) is 4.74 Å². The van der Waals surface area contributed by atoms with Crippen LogP contribution in [0.3, 0.4) is 0 Å². The maximum absolute atomic E-state index is 11.9. The second-order valence-electron chi connectivity index (χ2n) is 4.20. The summed E-state index contributed by atoms with van der Waals surface area (Å²) in [4.78, 5) is 15.2. The number of pyridine rings is 1. The molecule has 16 heavy (non-hydrogen) atoms. The molecular formula is C13H13NO2. The monoisotopic (exact) mass is 215 g/mol. The zero-order valence-electron chi connectivity index (χ0n) is 8.90. The van der Waals surface area contributed by atoms with E-state index >= 15 is 0 Å². The van der Waals surface area contributed by atoms with Gasteiger partial charge in [0.2, 0.25) is 0 Å². The number of benzene rings is 1. The maximum Gasteiger partial charge on any atom is 0.189 e. The van der Waals surface area contributed by atoms with Crippen molar-refractivity contribution in [1.82, 2.24) is 4.98 Å². The maximum atomic E-state index is 11.9. The summed E-state index contributed by atoms with van der Waals surface area (Å²) in [7, 11) is 0. The number of fused-ring (bicyclic) bond motifs is 1. The lowest BCUT2D eigenvalue weighted by molar-refractivity contribution is 0.193. The summed E-state index contributed by atoms with van der Waals surface area (Å²) >= 11 is 0. The number of nitrogens with one attached hydrogen (secondary N) is 1. The Morgan fingerprint density at radius 1 is 1.31 bits per heavy atom. The van der Waals surface area contributed by atoms with E-state index in [2.05, 4.69) is 4.98 Å². The number of ether oxygens (including phenoxy) is 1. The van der Waals surface area contributed by atoms with Gasteiger partial charge in [-0.3, -0.25) is 4.79 Å². The number of hydrogen-bond acceptors (Lipinski definition) is 2. The van der Waals surface area contributed by atoms with Crippen molar-refractivity contribution in [2.45, 2.75) is 12.3 Å². The topological polar surface area (TPSA) is 42.1 Å². The summed E-state index contributed by atoms with van der Waals surface area (Å²) in [6.07, 6.45) is 0.994. The number of aromatic nitrogens is 1. The molecule has 0 aliphatic carbocycles. The molecule has 0 radical (unpaired) electrons. The first-order valence-corrected chi connectivity index (χ1v) is 5.54. The number of H-pyrrole nitrogens is 1. The molecule has 0 amide bonds. The third kappa shape index (κ3) is 1.53. The summed E-state index contributed by atoms with van der Waals surface area (Å²) in [6, 6.07) is 9.32. The van der Waals surface area contributed by atoms with Crippen molar-refractivity contribution in [1.29, 1.82) is 0 Å². The van der Waals surface area contributed by atoms with Crippen LogP contribution in [0.1, 0.15) is 18.0 Å². The number of aromatic amines is 1. The molecule has 1 saturated heterocycles. The van der Waals surface area contributed by atoms with Crippen LogP contribution in [0.15, 0.2) is 35.1 Å². The highest BCUT2D eigenvalue weighted by molar-refractivity contribution is 5.78. The molecular weight excluding hydrogens is 202 g/mol. The van der Waals surface area contributed by atoms with Gasteiger partial charge in [-0.2, -0.15) is 0 Å². The molecule has 0 bridgehead atoms. The van der Waals surface area contributed by atoms with Gasteiger partial charge in [-0.25, -0.2) is 0 Å². The van der Waals surface area contributed by atoms with E-state index in [-0.39, 0.29) is 5.43 Å². The van der Waals surface area contributed by atoms with Crippen molar-refractivity contribution in [3.8, 4) is 0 Å². The van der Waals surface area contributed by atoms with Crippen molar-refractivity contribution < 1.29 is 4.74 Å². The second kappa shape index (κ2) is 3.76. The first-order valence-electron chi connectivity index (χ1n) is 5.54. The fourth-order valence-electron chi connectivity index (χ4n) is 2.22. The van der Waals surface area contributed by atoms with Gasteiger partial charge in [-0.05, 0) is 18.6 Å². The molecule has 1 aliphatic rings. The van der Waals surface area contributed by atoms with Gasteiger partial charge in [0.05, 0.1) is 6.61 Å². The van der Waals surface area contributed by atoms with Crippen molar-refractivity contribution in [2.24, 2.45) is 0 Å². The molecule has 1 fully saturated rings. The lowest BCUT2D eigenvalue weighted by Gasteiger charge is -2.09. The molecule has 82 valence electrons. The molecule has 1 atom stereocenters. The molecule has 3 heteroatoms. The Bertz CT molecular complexity index is 567. The van der Waals surface area contributed by atoms with E-state index in [1.807, 2.05) is 24.3 Å².